The molecule has 7 rings (SSSR count). The van der Waals surface area contributed by atoms with E-state index in [1.54, 1.807) is 0 Å². The summed E-state index contributed by atoms with van der Waals surface area (Å²) in [5.74, 6) is 1.61. The Morgan fingerprint density at radius 3 is 1.32 bits per heavy atom. The van der Waals surface area contributed by atoms with Crippen molar-refractivity contribution in [1.82, 2.24) is 0 Å². The molecule has 0 saturated heterocycles. The molecule has 1 aliphatic heterocycles. The topological polar surface area (TPSA) is 70.5 Å². The molecule has 6 aromatic rings. The fraction of sp³-hybridized carbons (Fsp3) is 0.0303. The van der Waals surface area contributed by atoms with Gasteiger partial charge in [0.1, 0.15) is 11.5 Å². The standard InChI is InChI=1S/C33H24N2O2/c34-24-13-9-20(10-14-24)28-17-22-5-1-3-7-26(22)30-31-27-8-4-2-6-23(27)18-29(21-11-15-25(35)16-12-21)33(31)37-19-36-32(28)30/h1-18H,19,34-35H2. The van der Waals surface area contributed by atoms with Crippen LogP contribution in [0.1, 0.15) is 0 Å². The number of nitrogens with two attached hydrogens (primary N) is 2. The molecule has 0 aromatic heterocycles. The van der Waals surface area contributed by atoms with Gasteiger partial charge in [-0.15, -0.1) is 0 Å². The summed E-state index contributed by atoms with van der Waals surface area (Å²) >= 11 is 0. The highest BCUT2D eigenvalue weighted by molar-refractivity contribution is 6.14. The first-order valence-corrected chi connectivity index (χ1v) is 12.3. The number of nitrogen functional groups attached to an aromatic ring is 2. The summed E-state index contributed by atoms with van der Waals surface area (Å²) in [6.07, 6.45) is 0. The fourth-order valence-electron chi connectivity index (χ4n) is 5.35. The summed E-state index contributed by atoms with van der Waals surface area (Å²) < 4.78 is 12.9. The van der Waals surface area contributed by atoms with Crippen molar-refractivity contribution >= 4 is 32.9 Å². The Labute approximate surface area is 214 Å². The highest BCUT2D eigenvalue weighted by atomic mass is 16.7. The van der Waals surface area contributed by atoms with Crippen molar-refractivity contribution in [2.24, 2.45) is 0 Å². The maximum Gasteiger partial charge on any atom is 0.231 e. The summed E-state index contributed by atoms with van der Waals surface area (Å²) in [5.41, 5.74) is 19.6. The molecule has 1 aliphatic rings. The van der Waals surface area contributed by atoms with Gasteiger partial charge in [-0.3, -0.25) is 0 Å². The third-order valence-corrected chi connectivity index (χ3v) is 7.10. The van der Waals surface area contributed by atoms with Crippen LogP contribution in [-0.4, -0.2) is 6.79 Å². The zero-order valence-electron chi connectivity index (χ0n) is 20.1. The predicted molar refractivity (Wildman–Crippen MR) is 153 cm³/mol. The molecule has 0 atom stereocenters. The van der Waals surface area contributed by atoms with Crippen LogP contribution >= 0.6 is 0 Å². The minimum absolute atomic E-state index is 0.0978. The molecule has 4 N–H and O–H groups in total. The van der Waals surface area contributed by atoms with Gasteiger partial charge in [0.2, 0.25) is 6.79 Å². The first-order chi connectivity index (χ1) is 18.2. The molecule has 178 valence electrons. The van der Waals surface area contributed by atoms with Gasteiger partial charge in [0.05, 0.1) is 0 Å². The molecule has 0 spiro atoms. The first-order valence-electron chi connectivity index (χ1n) is 12.3. The molecule has 0 bridgehead atoms. The third-order valence-electron chi connectivity index (χ3n) is 7.10. The Hall–Kier alpha value is -4.96. The van der Waals surface area contributed by atoms with E-state index < -0.39 is 0 Å². The average molecular weight is 481 g/mol. The summed E-state index contributed by atoms with van der Waals surface area (Å²) in [4.78, 5) is 0. The summed E-state index contributed by atoms with van der Waals surface area (Å²) in [5, 5.41) is 4.49. The lowest BCUT2D eigenvalue weighted by atomic mass is 9.86. The van der Waals surface area contributed by atoms with Gasteiger partial charge in [0, 0.05) is 33.6 Å². The number of hydrogen-bond donors (Lipinski definition) is 2. The van der Waals surface area contributed by atoms with Crippen molar-refractivity contribution < 1.29 is 9.47 Å². The molecule has 37 heavy (non-hydrogen) atoms. The van der Waals surface area contributed by atoms with Gasteiger partial charge in [-0.05, 0) is 69.1 Å². The van der Waals surface area contributed by atoms with Gasteiger partial charge >= 0.3 is 0 Å². The normalized spacial score (nSPS) is 12.3. The Kier molecular flexibility index (Phi) is 4.79. The second-order valence-electron chi connectivity index (χ2n) is 9.35. The highest BCUT2D eigenvalue weighted by Crippen LogP contribution is 2.53. The number of ether oxygens (including phenoxy) is 2. The van der Waals surface area contributed by atoms with Gasteiger partial charge in [-0.2, -0.15) is 0 Å². The molecular weight excluding hydrogens is 456 g/mol. The molecule has 6 aromatic carbocycles. The SMILES string of the molecule is Nc1ccc(-c2cc3ccccc3c3c2OCOc2c(-c4ccc(N)cc4)cc4ccccc4c2-3)cc1. The zero-order chi connectivity index (χ0) is 24.9. The lowest BCUT2D eigenvalue weighted by molar-refractivity contribution is 0.126. The van der Waals surface area contributed by atoms with Crippen LogP contribution in [-0.2, 0) is 0 Å². The van der Waals surface area contributed by atoms with E-state index in [1.165, 1.54) is 0 Å². The van der Waals surface area contributed by atoms with Crippen LogP contribution in [0.4, 0.5) is 11.4 Å². The molecular formula is C33H24N2O2. The molecule has 0 unspecified atom stereocenters. The summed E-state index contributed by atoms with van der Waals surface area (Å²) in [6, 6.07) is 37.1. The lowest BCUT2D eigenvalue weighted by Gasteiger charge is -2.19. The van der Waals surface area contributed by atoms with E-state index in [4.69, 9.17) is 20.9 Å². The fourth-order valence-corrected chi connectivity index (χ4v) is 5.35. The predicted octanol–water partition coefficient (Wildman–Crippen LogP) is 7.89. The Morgan fingerprint density at radius 1 is 0.486 bits per heavy atom. The third kappa shape index (κ3) is 3.46. The monoisotopic (exact) mass is 480 g/mol. The molecule has 0 fully saturated rings. The summed E-state index contributed by atoms with van der Waals surface area (Å²) in [7, 11) is 0. The van der Waals surface area contributed by atoms with Gasteiger partial charge in [-0.1, -0.05) is 72.8 Å². The first kappa shape index (κ1) is 21.3. The van der Waals surface area contributed by atoms with E-state index in [-0.39, 0.29) is 6.79 Å². The van der Waals surface area contributed by atoms with Crippen LogP contribution in [0.3, 0.4) is 0 Å². The van der Waals surface area contributed by atoms with Crippen LogP contribution in [0.5, 0.6) is 11.5 Å². The molecule has 4 nitrogen and oxygen atoms in total. The maximum absolute atomic E-state index is 6.44. The van der Waals surface area contributed by atoms with Crippen molar-refractivity contribution in [1.29, 1.82) is 0 Å². The number of fused-ring (bicyclic) bond motifs is 7. The van der Waals surface area contributed by atoms with E-state index in [0.29, 0.717) is 0 Å². The van der Waals surface area contributed by atoms with Crippen LogP contribution in [0.2, 0.25) is 0 Å². The second-order valence-corrected chi connectivity index (χ2v) is 9.35. The minimum Gasteiger partial charge on any atom is -0.456 e. The van der Waals surface area contributed by atoms with E-state index in [1.807, 2.05) is 48.5 Å². The quantitative estimate of drug-likeness (QED) is 0.247. The molecule has 0 aliphatic carbocycles. The van der Waals surface area contributed by atoms with Crippen molar-refractivity contribution in [3.8, 4) is 44.9 Å². The molecule has 1 heterocycles. The van der Waals surface area contributed by atoms with E-state index in [2.05, 4.69) is 60.7 Å². The van der Waals surface area contributed by atoms with Crippen molar-refractivity contribution in [3.05, 3.63) is 109 Å². The van der Waals surface area contributed by atoms with Crippen LogP contribution in [0.25, 0.3) is 54.9 Å². The largest absolute Gasteiger partial charge is 0.456 e. The second kappa shape index (κ2) is 8.32. The van der Waals surface area contributed by atoms with Gasteiger partial charge in [0.25, 0.3) is 0 Å². The van der Waals surface area contributed by atoms with E-state index in [9.17, 15) is 0 Å². The zero-order valence-corrected chi connectivity index (χ0v) is 20.1. The van der Waals surface area contributed by atoms with Gasteiger partial charge in [0.15, 0.2) is 0 Å². The Bertz CT molecular complexity index is 1670. The molecule has 0 radical (unpaired) electrons. The average Bonchev–Trinajstić information content (AvgIpc) is 3.14. The van der Waals surface area contributed by atoms with E-state index in [0.717, 1.165) is 77.8 Å². The maximum atomic E-state index is 6.44. The van der Waals surface area contributed by atoms with Crippen LogP contribution in [0, 0.1) is 0 Å². The number of rotatable bonds is 2. The van der Waals surface area contributed by atoms with Gasteiger partial charge in [-0.25, -0.2) is 0 Å². The lowest BCUT2D eigenvalue weighted by Crippen LogP contribution is -2.05. The Balaban J connectivity index is 1.64. The molecule has 0 amide bonds. The molecule has 0 saturated carbocycles. The highest BCUT2D eigenvalue weighted by Gasteiger charge is 2.27. The van der Waals surface area contributed by atoms with Crippen LogP contribution in [0.15, 0.2) is 109 Å². The Morgan fingerprint density at radius 2 is 0.892 bits per heavy atom. The van der Waals surface area contributed by atoms with Crippen molar-refractivity contribution in [3.63, 3.8) is 0 Å². The molecule has 4 heteroatoms. The van der Waals surface area contributed by atoms with Crippen LogP contribution < -0.4 is 20.9 Å². The van der Waals surface area contributed by atoms with E-state index >= 15 is 0 Å². The summed E-state index contributed by atoms with van der Waals surface area (Å²) in [6.45, 7) is 0.0978. The van der Waals surface area contributed by atoms with Gasteiger partial charge < -0.3 is 20.9 Å². The number of anilines is 2. The van der Waals surface area contributed by atoms with Crippen molar-refractivity contribution in [2.45, 2.75) is 0 Å². The number of benzene rings is 6. The van der Waals surface area contributed by atoms with Crippen molar-refractivity contribution in [2.75, 3.05) is 18.3 Å². The number of hydrogen-bond acceptors (Lipinski definition) is 4. The minimum atomic E-state index is 0.0978. The smallest absolute Gasteiger partial charge is 0.231 e.